The third-order valence-electron chi connectivity index (χ3n) is 4.20. The summed E-state index contributed by atoms with van der Waals surface area (Å²) < 4.78 is 48.6. The Kier molecular flexibility index (Phi) is 5.09. The van der Waals surface area contributed by atoms with Crippen molar-refractivity contribution in [2.24, 2.45) is 0 Å². The van der Waals surface area contributed by atoms with Gasteiger partial charge in [0.15, 0.2) is 22.6 Å². The Labute approximate surface area is 152 Å². The summed E-state index contributed by atoms with van der Waals surface area (Å²) in [6, 6.07) is 4.80. The van der Waals surface area contributed by atoms with E-state index < -0.39 is 34.2 Å². The Morgan fingerprint density at radius 3 is 2.52 bits per heavy atom. The second kappa shape index (κ2) is 7.32. The molecule has 27 heavy (non-hydrogen) atoms. The molecular formula is C19H18F3N3O2. The van der Waals surface area contributed by atoms with Crippen molar-refractivity contribution < 1.29 is 17.6 Å². The molecule has 3 aromatic rings. The summed E-state index contributed by atoms with van der Waals surface area (Å²) in [5, 5.41) is 2.50. The Morgan fingerprint density at radius 1 is 1.11 bits per heavy atom. The van der Waals surface area contributed by atoms with Crippen molar-refractivity contribution >= 4 is 22.3 Å². The molecule has 142 valence electrons. The number of hydrogen-bond acceptors (Lipinski definition) is 5. The van der Waals surface area contributed by atoms with E-state index in [1.165, 1.54) is 12.1 Å². The zero-order valence-corrected chi connectivity index (χ0v) is 14.5. The van der Waals surface area contributed by atoms with E-state index in [9.17, 15) is 18.0 Å². The van der Waals surface area contributed by atoms with Gasteiger partial charge in [0, 0.05) is 23.7 Å². The van der Waals surface area contributed by atoms with Crippen molar-refractivity contribution in [3.63, 3.8) is 0 Å². The zero-order valence-electron chi connectivity index (χ0n) is 14.5. The van der Waals surface area contributed by atoms with Gasteiger partial charge in [0.1, 0.15) is 11.6 Å². The number of nitrogens with one attached hydrogen (secondary N) is 1. The summed E-state index contributed by atoms with van der Waals surface area (Å²) in [4.78, 5) is 12.4. The van der Waals surface area contributed by atoms with Gasteiger partial charge in [0.2, 0.25) is 0 Å². The molecule has 0 spiro atoms. The third kappa shape index (κ3) is 3.35. The molecular weight excluding hydrogens is 359 g/mol. The molecule has 0 unspecified atom stereocenters. The molecule has 1 heterocycles. The van der Waals surface area contributed by atoms with Gasteiger partial charge < -0.3 is 21.2 Å². The number of nitrogen functional groups attached to an aromatic ring is 2. The lowest BCUT2D eigenvalue weighted by atomic mass is 10.1. The van der Waals surface area contributed by atoms with Gasteiger partial charge in [-0.2, -0.15) is 0 Å². The van der Waals surface area contributed by atoms with E-state index in [2.05, 4.69) is 5.32 Å². The molecule has 3 rings (SSSR count). The first-order chi connectivity index (χ1) is 12.8. The van der Waals surface area contributed by atoms with Crippen LogP contribution in [0.1, 0.15) is 18.9 Å². The van der Waals surface area contributed by atoms with Gasteiger partial charge in [-0.1, -0.05) is 6.92 Å². The van der Waals surface area contributed by atoms with Crippen molar-refractivity contribution in [3.8, 4) is 11.3 Å². The maximum absolute atomic E-state index is 14.9. The van der Waals surface area contributed by atoms with E-state index in [4.69, 9.17) is 15.9 Å². The fourth-order valence-electron chi connectivity index (χ4n) is 2.78. The molecule has 5 nitrogen and oxygen atoms in total. The smallest absolute Gasteiger partial charge is 0.195 e. The standard InChI is InChI=1S/C19H18F3N3O2/c1-2-5-25-8-10-16(21)18(24)15-13(26)7-14(27-19(15)17(10)22)9-3-4-12(23)11(20)6-9/h3-4,6-7,25H,2,5,8,23-24H2,1H3. The molecule has 8 heteroatoms. The van der Waals surface area contributed by atoms with E-state index in [0.717, 1.165) is 18.6 Å². The summed E-state index contributed by atoms with van der Waals surface area (Å²) in [6.45, 7) is 2.34. The molecule has 0 saturated carbocycles. The van der Waals surface area contributed by atoms with Crippen LogP contribution in [0.4, 0.5) is 24.5 Å². The first kappa shape index (κ1) is 18.8. The summed E-state index contributed by atoms with van der Waals surface area (Å²) in [6.07, 6.45) is 0.772. The van der Waals surface area contributed by atoms with Crippen molar-refractivity contribution in [2.45, 2.75) is 19.9 Å². The summed E-state index contributed by atoms with van der Waals surface area (Å²) in [7, 11) is 0. The third-order valence-corrected chi connectivity index (χ3v) is 4.20. The van der Waals surface area contributed by atoms with E-state index in [0.29, 0.717) is 6.54 Å². The fourth-order valence-corrected chi connectivity index (χ4v) is 2.78. The number of nitrogens with two attached hydrogens (primary N) is 2. The molecule has 0 saturated heterocycles. The highest BCUT2D eigenvalue weighted by Crippen LogP contribution is 2.32. The van der Waals surface area contributed by atoms with Gasteiger partial charge in [-0.3, -0.25) is 4.79 Å². The van der Waals surface area contributed by atoms with Crippen LogP contribution in [0.2, 0.25) is 0 Å². The Balaban J connectivity index is 2.23. The van der Waals surface area contributed by atoms with Crippen LogP contribution in [0.15, 0.2) is 33.5 Å². The average Bonchev–Trinajstić information content (AvgIpc) is 2.64. The largest absolute Gasteiger partial charge is 0.453 e. The number of halogens is 3. The van der Waals surface area contributed by atoms with E-state index in [1.807, 2.05) is 6.92 Å². The first-order valence-corrected chi connectivity index (χ1v) is 8.34. The van der Waals surface area contributed by atoms with Gasteiger partial charge in [-0.05, 0) is 31.2 Å². The van der Waals surface area contributed by atoms with Gasteiger partial charge in [-0.25, -0.2) is 13.2 Å². The first-order valence-electron chi connectivity index (χ1n) is 8.34. The Bertz CT molecular complexity index is 1080. The Hall–Kier alpha value is -3.00. The second-order valence-electron chi connectivity index (χ2n) is 6.11. The number of rotatable bonds is 5. The molecule has 0 aliphatic heterocycles. The lowest BCUT2D eigenvalue weighted by molar-refractivity contribution is 0.517. The lowest BCUT2D eigenvalue weighted by Crippen LogP contribution is -2.18. The van der Waals surface area contributed by atoms with Crippen LogP contribution in [0, 0.1) is 17.5 Å². The average molecular weight is 377 g/mol. The molecule has 0 aliphatic carbocycles. The van der Waals surface area contributed by atoms with Crippen LogP contribution in [0.25, 0.3) is 22.3 Å². The molecule has 2 aromatic carbocycles. The number of fused-ring (bicyclic) bond motifs is 1. The number of anilines is 2. The Morgan fingerprint density at radius 2 is 1.85 bits per heavy atom. The maximum atomic E-state index is 14.9. The van der Waals surface area contributed by atoms with Crippen molar-refractivity contribution in [2.75, 3.05) is 18.0 Å². The van der Waals surface area contributed by atoms with Gasteiger partial charge in [0.05, 0.1) is 16.8 Å². The number of hydrogen-bond donors (Lipinski definition) is 3. The van der Waals surface area contributed by atoms with E-state index in [1.54, 1.807) is 0 Å². The predicted molar refractivity (Wildman–Crippen MR) is 98.6 cm³/mol. The van der Waals surface area contributed by atoms with Crippen LogP contribution in [-0.2, 0) is 6.54 Å². The predicted octanol–water partition coefficient (Wildman–Crippen LogP) is 3.54. The highest BCUT2D eigenvalue weighted by Gasteiger charge is 2.23. The number of benzene rings is 2. The molecule has 5 N–H and O–H groups in total. The van der Waals surface area contributed by atoms with Crippen LogP contribution in [-0.4, -0.2) is 6.54 Å². The minimum atomic E-state index is -1.02. The molecule has 1 aromatic heterocycles. The SMILES string of the molecule is CCCNCc1c(F)c(N)c2c(=O)cc(-c3ccc(N)c(F)c3)oc2c1F. The van der Waals surface area contributed by atoms with Crippen LogP contribution in [0.3, 0.4) is 0 Å². The molecule has 0 amide bonds. The monoisotopic (exact) mass is 377 g/mol. The lowest BCUT2D eigenvalue weighted by Gasteiger charge is -2.12. The normalized spacial score (nSPS) is 11.3. The minimum absolute atomic E-state index is 0.0798. The van der Waals surface area contributed by atoms with E-state index >= 15 is 0 Å². The summed E-state index contributed by atoms with van der Waals surface area (Å²) >= 11 is 0. The van der Waals surface area contributed by atoms with Gasteiger partial charge in [0.25, 0.3) is 0 Å². The maximum Gasteiger partial charge on any atom is 0.195 e. The van der Waals surface area contributed by atoms with Gasteiger partial charge in [-0.15, -0.1) is 0 Å². The summed E-state index contributed by atoms with van der Waals surface area (Å²) in [5.74, 6) is -2.81. The minimum Gasteiger partial charge on any atom is -0.453 e. The quantitative estimate of drug-likeness (QED) is 0.467. The van der Waals surface area contributed by atoms with Crippen molar-refractivity contribution in [1.29, 1.82) is 0 Å². The van der Waals surface area contributed by atoms with Crippen molar-refractivity contribution in [3.05, 3.63) is 57.5 Å². The van der Waals surface area contributed by atoms with Gasteiger partial charge >= 0.3 is 0 Å². The highest BCUT2D eigenvalue weighted by molar-refractivity contribution is 5.91. The van der Waals surface area contributed by atoms with Crippen LogP contribution < -0.4 is 22.2 Å². The molecule has 0 atom stereocenters. The fraction of sp³-hybridized carbons (Fsp3) is 0.211. The zero-order chi connectivity index (χ0) is 19.7. The van der Waals surface area contributed by atoms with E-state index in [-0.39, 0.29) is 34.5 Å². The summed E-state index contributed by atoms with van der Waals surface area (Å²) in [5.41, 5.74) is 9.26. The molecule has 0 fully saturated rings. The van der Waals surface area contributed by atoms with Crippen LogP contribution >= 0.6 is 0 Å². The highest BCUT2D eigenvalue weighted by atomic mass is 19.1. The van der Waals surface area contributed by atoms with Crippen molar-refractivity contribution in [1.82, 2.24) is 5.32 Å². The molecule has 0 radical (unpaired) electrons. The second-order valence-corrected chi connectivity index (χ2v) is 6.11. The van der Waals surface area contributed by atoms with Crippen LogP contribution in [0.5, 0.6) is 0 Å². The molecule has 0 bridgehead atoms. The topological polar surface area (TPSA) is 94.3 Å². The molecule has 0 aliphatic rings.